The number of rotatable bonds is 2. The predicted molar refractivity (Wildman–Crippen MR) is 83.3 cm³/mol. The molecule has 0 amide bonds. The van der Waals surface area contributed by atoms with Crippen LogP contribution in [-0.2, 0) is 0 Å². The Bertz CT molecular complexity index is 742. The molecule has 0 aliphatic heterocycles. The zero-order chi connectivity index (χ0) is 14.1. The smallest absolute Gasteiger partial charge is 0.153 e. The number of nitrogens with zero attached hydrogens (tertiary/aromatic N) is 1. The average molecular weight is 263 g/mol. The van der Waals surface area contributed by atoms with Crippen LogP contribution in [0.2, 0.25) is 0 Å². The first-order valence-electron chi connectivity index (χ1n) is 6.63. The molecule has 3 N–H and O–H groups in total. The minimum absolute atomic E-state index is 0.539. The maximum Gasteiger partial charge on any atom is 0.153 e. The maximum absolute atomic E-state index is 6.09. The van der Waals surface area contributed by atoms with E-state index < -0.39 is 0 Å². The molecule has 0 spiro atoms. The lowest BCUT2D eigenvalue weighted by molar-refractivity contribution is 1.10. The summed E-state index contributed by atoms with van der Waals surface area (Å²) in [5.41, 5.74) is 12.7. The van der Waals surface area contributed by atoms with E-state index in [1.165, 1.54) is 11.1 Å². The lowest BCUT2D eigenvalue weighted by atomic mass is 9.96. The molecule has 1 heterocycles. The van der Waals surface area contributed by atoms with Gasteiger partial charge in [0.05, 0.1) is 11.3 Å². The fraction of sp³-hybridized carbons (Fsp3) is 0.118. The second-order valence-electron chi connectivity index (χ2n) is 5.04. The average Bonchev–Trinajstić information content (AvgIpc) is 2.84. The molecule has 3 rings (SSSR count). The highest BCUT2D eigenvalue weighted by Crippen LogP contribution is 2.36. The van der Waals surface area contributed by atoms with E-state index in [1.54, 1.807) is 0 Å². The normalized spacial score (nSPS) is 10.7. The zero-order valence-electron chi connectivity index (χ0n) is 11.6. The molecule has 3 heteroatoms. The highest BCUT2D eigenvalue weighted by molar-refractivity contribution is 5.89. The number of aryl methyl sites for hydroxylation is 2. The predicted octanol–water partition coefficient (Wildman–Crippen LogP) is 3.94. The second-order valence-corrected chi connectivity index (χ2v) is 5.04. The van der Waals surface area contributed by atoms with Gasteiger partial charge in [-0.2, -0.15) is 5.10 Å². The molecule has 0 aliphatic rings. The summed E-state index contributed by atoms with van der Waals surface area (Å²) in [6.45, 7) is 4.18. The van der Waals surface area contributed by atoms with E-state index >= 15 is 0 Å². The van der Waals surface area contributed by atoms with Crippen molar-refractivity contribution < 1.29 is 0 Å². The Morgan fingerprint density at radius 3 is 2.50 bits per heavy atom. The van der Waals surface area contributed by atoms with Crippen molar-refractivity contribution in [1.82, 2.24) is 10.2 Å². The van der Waals surface area contributed by atoms with Crippen LogP contribution in [0, 0.1) is 13.8 Å². The number of nitrogens with two attached hydrogens (primary N) is 1. The summed E-state index contributed by atoms with van der Waals surface area (Å²) in [6, 6.07) is 16.5. The quantitative estimate of drug-likeness (QED) is 0.735. The lowest BCUT2D eigenvalue weighted by Crippen LogP contribution is -1.92. The summed E-state index contributed by atoms with van der Waals surface area (Å²) in [6.07, 6.45) is 0. The van der Waals surface area contributed by atoms with Crippen molar-refractivity contribution in [1.29, 1.82) is 0 Å². The number of hydrogen-bond donors (Lipinski definition) is 2. The van der Waals surface area contributed by atoms with Crippen molar-refractivity contribution in [2.24, 2.45) is 0 Å². The molecule has 0 saturated carbocycles. The fourth-order valence-corrected chi connectivity index (χ4v) is 2.45. The molecule has 2 aromatic carbocycles. The third kappa shape index (κ3) is 2.07. The van der Waals surface area contributed by atoms with E-state index in [0.717, 1.165) is 22.4 Å². The Hall–Kier alpha value is -2.55. The van der Waals surface area contributed by atoms with E-state index in [9.17, 15) is 0 Å². The SMILES string of the molecule is Cc1ccc(C)c(-c2c(N)n[nH]c2-c2ccccc2)c1. The molecule has 3 aromatic rings. The molecule has 3 nitrogen and oxygen atoms in total. The van der Waals surface area contributed by atoms with E-state index in [-0.39, 0.29) is 0 Å². The second kappa shape index (κ2) is 4.85. The van der Waals surface area contributed by atoms with Crippen LogP contribution in [0.3, 0.4) is 0 Å². The molecule has 0 atom stereocenters. The van der Waals surface area contributed by atoms with E-state index in [4.69, 9.17) is 5.73 Å². The highest BCUT2D eigenvalue weighted by Gasteiger charge is 2.16. The number of hydrogen-bond acceptors (Lipinski definition) is 2. The molecule has 20 heavy (non-hydrogen) atoms. The molecule has 100 valence electrons. The van der Waals surface area contributed by atoms with Crippen LogP contribution in [0.15, 0.2) is 48.5 Å². The summed E-state index contributed by atoms with van der Waals surface area (Å²) >= 11 is 0. The summed E-state index contributed by atoms with van der Waals surface area (Å²) in [4.78, 5) is 0. The fourth-order valence-electron chi connectivity index (χ4n) is 2.45. The highest BCUT2D eigenvalue weighted by atomic mass is 15.2. The number of nitrogens with one attached hydrogen (secondary N) is 1. The number of nitrogen functional groups attached to an aromatic ring is 1. The Kier molecular flexibility index (Phi) is 3.03. The standard InChI is InChI=1S/C17H17N3/c1-11-8-9-12(2)14(10-11)15-16(19-20-17(15)18)13-6-4-3-5-7-13/h3-10H,1-2H3,(H3,18,19,20). The molecular weight excluding hydrogens is 246 g/mol. The number of anilines is 1. The minimum atomic E-state index is 0.539. The van der Waals surface area contributed by atoms with Crippen molar-refractivity contribution in [2.45, 2.75) is 13.8 Å². The maximum atomic E-state index is 6.09. The Labute approximate surface area is 118 Å². The van der Waals surface area contributed by atoms with Crippen LogP contribution in [0.4, 0.5) is 5.82 Å². The Morgan fingerprint density at radius 2 is 1.75 bits per heavy atom. The van der Waals surface area contributed by atoms with Gasteiger partial charge in [-0.1, -0.05) is 54.1 Å². The molecule has 0 aliphatic carbocycles. The van der Waals surface area contributed by atoms with Crippen molar-refractivity contribution >= 4 is 5.82 Å². The van der Waals surface area contributed by atoms with Crippen molar-refractivity contribution in [3.63, 3.8) is 0 Å². The first kappa shape index (κ1) is 12.5. The van der Waals surface area contributed by atoms with Gasteiger partial charge >= 0.3 is 0 Å². The van der Waals surface area contributed by atoms with Gasteiger partial charge in [0.15, 0.2) is 5.82 Å². The molecule has 0 saturated heterocycles. The van der Waals surface area contributed by atoms with Gasteiger partial charge in [0.2, 0.25) is 0 Å². The number of aromatic nitrogens is 2. The van der Waals surface area contributed by atoms with Gasteiger partial charge in [-0.05, 0) is 25.0 Å². The van der Waals surface area contributed by atoms with Crippen LogP contribution in [0.1, 0.15) is 11.1 Å². The number of aromatic amines is 1. The van der Waals surface area contributed by atoms with Crippen LogP contribution in [0.5, 0.6) is 0 Å². The van der Waals surface area contributed by atoms with Crippen LogP contribution >= 0.6 is 0 Å². The van der Waals surface area contributed by atoms with Gasteiger partial charge in [-0.25, -0.2) is 0 Å². The number of benzene rings is 2. The Balaban J connectivity index is 2.24. The van der Waals surface area contributed by atoms with Crippen molar-refractivity contribution in [3.8, 4) is 22.4 Å². The minimum Gasteiger partial charge on any atom is -0.382 e. The van der Waals surface area contributed by atoms with Gasteiger partial charge < -0.3 is 5.73 Å². The molecule has 0 fully saturated rings. The Morgan fingerprint density at radius 1 is 1.00 bits per heavy atom. The summed E-state index contributed by atoms with van der Waals surface area (Å²) in [7, 11) is 0. The number of H-pyrrole nitrogens is 1. The molecule has 1 aromatic heterocycles. The van der Waals surface area contributed by atoms with Crippen LogP contribution in [0.25, 0.3) is 22.4 Å². The van der Waals surface area contributed by atoms with Crippen LogP contribution in [-0.4, -0.2) is 10.2 Å². The van der Waals surface area contributed by atoms with Gasteiger partial charge in [0, 0.05) is 5.56 Å². The third-order valence-corrected chi connectivity index (χ3v) is 3.52. The van der Waals surface area contributed by atoms with E-state index in [2.05, 4.69) is 54.4 Å². The summed E-state index contributed by atoms with van der Waals surface area (Å²) in [5, 5.41) is 7.25. The molecular formula is C17H17N3. The molecule has 0 radical (unpaired) electrons. The van der Waals surface area contributed by atoms with Gasteiger partial charge in [0.1, 0.15) is 0 Å². The summed E-state index contributed by atoms with van der Waals surface area (Å²) < 4.78 is 0. The first-order chi connectivity index (χ1) is 9.66. The molecule has 0 bridgehead atoms. The van der Waals surface area contributed by atoms with Crippen LogP contribution < -0.4 is 5.73 Å². The van der Waals surface area contributed by atoms with E-state index in [1.807, 2.05) is 18.2 Å². The largest absolute Gasteiger partial charge is 0.382 e. The first-order valence-corrected chi connectivity index (χ1v) is 6.63. The monoisotopic (exact) mass is 263 g/mol. The van der Waals surface area contributed by atoms with Crippen molar-refractivity contribution in [3.05, 3.63) is 59.7 Å². The topological polar surface area (TPSA) is 54.7 Å². The van der Waals surface area contributed by atoms with Gasteiger partial charge in [-0.15, -0.1) is 0 Å². The van der Waals surface area contributed by atoms with Gasteiger partial charge in [-0.3, -0.25) is 5.10 Å². The zero-order valence-corrected chi connectivity index (χ0v) is 11.6. The lowest BCUT2D eigenvalue weighted by Gasteiger charge is -2.09. The van der Waals surface area contributed by atoms with E-state index in [0.29, 0.717) is 5.82 Å². The summed E-state index contributed by atoms with van der Waals surface area (Å²) in [5.74, 6) is 0.539. The van der Waals surface area contributed by atoms with Crippen molar-refractivity contribution in [2.75, 3.05) is 5.73 Å². The third-order valence-electron chi connectivity index (χ3n) is 3.52. The molecule has 0 unspecified atom stereocenters. The van der Waals surface area contributed by atoms with Gasteiger partial charge in [0.25, 0.3) is 0 Å².